The van der Waals surface area contributed by atoms with Crippen LogP contribution < -0.4 is 10.1 Å². The summed E-state index contributed by atoms with van der Waals surface area (Å²) in [5.41, 5.74) is 1.98. The van der Waals surface area contributed by atoms with Gasteiger partial charge < -0.3 is 10.1 Å². The lowest BCUT2D eigenvalue weighted by Crippen LogP contribution is -2.02. The molecular formula is C15H15N3OS. The fraction of sp³-hybridized carbons (Fsp3) is 0.200. The van der Waals surface area contributed by atoms with Crippen molar-refractivity contribution in [3.63, 3.8) is 0 Å². The highest BCUT2D eigenvalue weighted by atomic mass is 32.1. The Hall–Kier alpha value is -2.14. The molecule has 0 spiro atoms. The van der Waals surface area contributed by atoms with Crippen LogP contribution in [0.25, 0.3) is 0 Å². The van der Waals surface area contributed by atoms with Crippen molar-refractivity contribution in [3.05, 3.63) is 47.6 Å². The van der Waals surface area contributed by atoms with Gasteiger partial charge in [-0.15, -0.1) is 11.3 Å². The van der Waals surface area contributed by atoms with Gasteiger partial charge in [-0.05, 0) is 18.6 Å². The summed E-state index contributed by atoms with van der Waals surface area (Å²) in [5, 5.41) is 6.25. The molecule has 1 aromatic heterocycles. The van der Waals surface area contributed by atoms with Crippen molar-refractivity contribution < 1.29 is 4.74 Å². The van der Waals surface area contributed by atoms with Crippen molar-refractivity contribution in [2.45, 2.75) is 12.3 Å². The van der Waals surface area contributed by atoms with Crippen molar-refractivity contribution in [1.82, 2.24) is 4.98 Å². The second kappa shape index (κ2) is 5.88. The van der Waals surface area contributed by atoms with E-state index in [2.05, 4.69) is 26.7 Å². The molecule has 0 amide bonds. The fourth-order valence-corrected chi connectivity index (χ4v) is 2.84. The number of hydrogen-bond acceptors (Lipinski definition) is 5. The molecule has 0 saturated carbocycles. The van der Waals surface area contributed by atoms with Gasteiger partial charge in [0.1, 0.15) is 5.75 Å². The van der Waals surface area contributed by atoms with Gasteiger partial charge >= 0.3 is 0 Å². The van der Waals surface area contributed by atoms with Crippen molar-refractivity contribution in [2.24, 2.45) is 4.99 Å². The summed E-state index contributed by atoms with van der Waals surface area (Å²) in [6.07, 6.45) is 6.80. The van der Waals surface area contributed by atoms with Crippen molar-refractivity contribution in [3.8, 4) is 5.75 Å². The number of aliphatic imine (C=N–C) groups is 1. The van der Waals surface area contributed by atoms with Crippen LogP contribution in [0.2, 0.25) is 0 Å². The highest BCUT2D eigenvalue weighted by Gasteiger charge is 2.14. The summed E-state index contributed by atoms with van der Waals surface area (Å²) in [6.45, 7) is 0. The van der Waals surface area contributed by atoms with E-state index < -0.39 is 0 Å². The Morgan fingerprint density at radius 1 is 1.35 bits per heavy atom. The van der Waals surface area contributed by atoms with Crippen LogP contribution in [0.5, 0.6) is 5.75 Å². The van der Waals surface area contributed by atoms with Gasteiger partial charge in [-0.2, -0.15) is 0 Å². The van der Waals surface area contributed by atoms with E-state index in [1.54, 1.807) is 18.4 Å². The van der Waals surface area contributed by atoms with Crippen molar-refractivity contribution in [1.29, 1.82) is 0 Å². The number of thiazole rings is 1. The third-order valence-corrected chi connectivity index (χ3v) is 3.87. The lowest BCUT2D eigenvalue weighted by atomic mass is 10.0. The lowest BCUT2D eigenvalue weighted by molar-refractivity contribution is 0.417. The minimum atomic E-state index is 0.282. The number of para-hydroxylation sites is 2. The van der Waals surface area contributed by atoms with E-state index in [9.17, 15) is 0 Å². The third-order valence-electron chi connectivity index (χ3n) is 3.10. The zero-order chi connectivity index (χ0) is 13.8. The SMILES string of the molecule is COc1ccccc1Nc1nc(C2C=NC=CC2)cs1. The highest BCUT2D eigenvalue weighted by Crippen LogP contribution is 2.30. The first-order chi connectivity index (χ1) is 9.86. The lowest BCUT2D eigenvalue weighted by Gasteiger charge is -2.09. The number of hydrogen-bond donors (Lipinski definition) is 1. The summed E-state index contributed by atoms with van der Waals surface area (Å²) in [4.78, 5) is 8.81. The van der Waals surface area contributed by atoms with Gasteiger partial charge in [-0.1, -0.05) is 18.2 Å². The molecule has 1 atom stereocenters. The predicted octanol–water partition coefficient (Wildman–Crippen LogP) is 3.97. The number of anilines is 2. The molecule has 2 heterocycles. The van der Waals surface area contributed by atoms with Crippen LogP contribution in [-0.4, -0.2) is 18.3 Å². The maximum atomic E-state index is 5.32. The summed E-state index contributed by atoms with van der Waals surface area (Å²) < 4.78 is 5.32. The third kappa shape index (κ3) is 2.72. The Morgan fingerprint density at radius 3 is 3.05 bits per heavy atom. The Kier molecular flexibility index (Phi) is 3.78. The normalized spacial score (nSPS) is 17.1. The molecule has 5 heteroatoms. The first kappa shape index (κ1) is 12.9. The Bertz CT molecular complexity index is 648. The molecule has 102 valence electrons. The molecule has 1 aliphatic heterocycles. The minimum absolute atomic E-state index is 0.282. The number of nitrogens with zero attached hydrogens (tertiary/aromatic N) is 2. The number of rotatable bonds is 4. The van der Waals surface area contributed by atoms with Gasteiger partial charge in [0.15, 0.2) is 5.13 Å². The summed E-state index contributed by atoms with van der Waals surface area (Å²) in [6, 6.07) is 7.82. The molecule has 1 aliphatic rings. The van der Waals surface area contributed by atoms with Crippen molar-refractivity contribution >= 4 is 28.4 Å². The molecule has 0 saturated heterocycles. The highest BCUT2D eigenvalue weighted by molar-refractivity contribution is 7.13. The summed E-state index contributed by atoms with van der Waals surface area (Å²) in [7, 11) is 1.67. The average Bonchev–Trinajstić information content (AvgIpc) is 2.97. The molecule has 1 aromatic carbocycles. The second-order valence-corrected chi connectivity index (χ2v) is 5.29. The molecule has 4 nitrogen and oxygen atoms in total. The average molecular weight is 285 g/mol. The Labute approximate surface area is 121 Å². The number of ether oxygens (including phenoxy) is 1. The standard InChI is InChI=1S/C15H15N3OS/c1-19-14-7-3-2-6-12(14)17-15-18-13(10-20-15)11-5-4-8-16-9-11/h2-4,6-11H,5H2,1H3,(H,17,18). The van der Waals surface area contributed by atoms with Gasteiger partial charge in [-0.25, -0.2) is 4.98 Å². The van der Waals surface area contributed by atoms with E-state index >= 15 is 0 Å². The van der Waals surface area contributed by atoms with E-state index in [0.717, 1.165) is 28.7 Å². The number of nitrogens with one attached hydrogen (secondary N) is 1. The van der Waals surface area contributed by atoms with Crippen LogP contribution in [-0.2, 0) is 0 Å². The van der Waals surface area contributed by atoms with Gasteiger partial charge in [0, 0.05) is 23.7 Å². The number of methoxy groups -OCH3 is 1. The van der Waals surface area contributed by atoms with E-state index in [4.69, 9.17) is 4.74 Å². The molecule has 3 rings (SSSR count). The van der Waals surface area contributed by atoms with Crippen LogP contribution in [0.4, 0.5) is 10.8 Å². The molecule has 0 aliphatic carbocycles. The summed E-state index contributed by atoms with van der Waals surface area (Å²) in [5.74, 6) is 1.09. The van der Waals surface area contributed by atoms with E-state index in [1.807, 2.05) is 36.7 Å². The monoisotopic (exact) mass is 285 g/mol. The van der Waals surface area contributed by atoms with Crippen LogP contribution in [0.15, 0.2) is 46.9 Å². The van der Waals surface area contributed by atoms with E-state index in [-0.39, 0.29) is 5.92 Å². The number of benzene rings is 1. The van der Waals surface area contributed by atoms with Crippen LogP contribution >= 0.6 is 11.3 Å². The maximum Gasteiger partial charge on any atom is 0.187 e. The zero-order valence-electron chi connectivity index (χ0n) is 11.1. The fourth-order valence-electron chi connectivity index (χ4n) is 2.06. The quantitative estimate of drug-likeness (QED) is 0.924. The van der Waals surface area contributed by atoms with Crippen LogP contribution in [0.1, 0.15) is 18.0 Å². The molecule has 20 heavy (non-hydrogen) atoms. The molecule has 0 radical (unpaired) electrons. The Morgan fingerprint density at radius 2 is 2.25 bits per heavy atom. The first-order valence-electron chi connectivity index (χ1n) is 6.40. The molecule has 2 aromatic rings. The predicted molar refractivity (Wildman–Crippen MR) is 83.4 cm³/mol. The minimum Gasteiger partial charge on any atom is -0.495 e. The van der Waals surface area contributed by atoms with Gasteiger partial charge in [0.2, 0.25) is 0 Å². The number of allylic oxidation sites excluding steroid dienone is 1. The van der Waals surface area contributed by atoms with E-state index in [1.165, 1.54) is 0 Å². The second-order valence-electron chi connectivity index (χ2n) is 4.43. The maximum absolute atomic E-state index is 5.32. The zero-order valence-corrected chi connectivity index (χ0v) is 11.9. The van der Waals surface area contributed by atoms with E-state index in [0.29, 0.717) is 0 Å². The molecule has 0 bridgehead atoms. The molecule has 1 N–H and O–H groups in total. The topological polar surface area (TPSA) is 46.5 Å². The first-order valence-corrected chi connectivity index (χ1v) is 7.28. The van der Waals surface area contributed by atoms with Crippen LogP contribution in [0.3, 0.4) is 0 Å². The Balaban J connectivity index is 1.77. The number of aromatic nitrogens is 1. The van der Waals surface area contributed by atoms with Gasteiger partial charge in [0.25, 0.3) is 0 Å². The largest absolute Gasteiger partial charge is 0.495 e. The van der Waals surface area contributed by atoms with Gasteiger partial charge in [-0.3, -0.25) is 4.99 Å². The van der Waals surface area contributed by atoms with Crippen LogP contribution in [0, 0.1) is 0 Å². The molecule has 1 unspecified atom stereocenters. The molecule has 0 fully saturated rings. The van der Waals surface area contributed by atoms with Gasteiger partial charge in [0.05, 0.1) is 18.5 Å². The molecular weight excluding hydrogens is 270 g/mol. The summed E-state index contributed by atoms with van der Waals surface area (Å²) >= 11 is 1.59. The smallest absolute Gasteiger partial charge is 0.187 e. The van der Waals surface area contributed by atoms with Crippen molar-refractivity contribution in [2.75, 3.05) is 12.4 Å².